The van der Waals surface area contributed by atoms with Gasteiger partial charge in [0, 0.05) is 6.54 Å². The number of hydrogen-bond acceptors (Lipinski definition) is 5. The van der Waals surface area contributed by atoms with Crippen LogP contribution in [0, 0.1) is 11.3 Å². The Balaban J connectivity index is 1.71. The minimum atomic E-state index is -0.268. The maximum atomic E-state index is 13.2. The summed E-state index contributed by atoms with van der Waals surface area (Å²) in [4.78, 5) is 21.7. The number of hydrogen-bond donors (Lipinski definition) is 0. The van der Waals surface area contributed by atoms with E-state index in [0.717, 1.165) is 16.9 Å². The summed E-state index contributed by atoms with van der Waals surface area (Å²) in [6.45, 7) is 0.718. The highest BCUT2D eigenvalue weighted by Crippen LogP contribution is 2.16. The summed E-state index contributed by atoms with van der Waals surface area (Å²) in [5.41, 5.74) is 2.82. The third-order valence-electron chi connectivity index (χ3n) is 4.62. The topological polar surface area (TPSA) is 85.7 Å². The number of rotatable bonds is 5. The first-order valence-corrected chi connectivity index (χ1v) is 9.20. The van der Waals surface area contributed by atoms with Crippen LogP contribution in [0.5, 0.6) is 5.75 Å². The highest BCUT2D eigenvalue weighted by atomic mass is 35.5. The third-order valence-corrected chi connectivity index (χ3v) is 4.91. The van der Waals surface area contributed by atoms with Gasteiger partial charge in [-0.25, -0.2) is 4.98 Å². The van der Waals surface area contributed by atoms with E-state index in [9.17, 15) is 4.79 Å². The summed E-state index contributed by atoms with van der Waals surface area (Å²) in [5.74, 6) is 0.766. The third kappa shape index (κ3) is 3.71. The van der Waals surface area contributed by atoms with Gasteiger partial charge in [0.15, 0.2) is 11.2 Å². The molecule has 0 saturated heterocycles. The molecule has 144 valence electrons. The molecule has 0 N–H and O–H groups in total. The smallest absolute Gasteiger partial charge is 0.281 e. The first kappa shape index (κ1) is 18.7. The van der Waals surface area contributed by atoms with E-state index in [1.54, 1.807) is 42.3 Å². The Morgan fingerprint density at radius 3 is 2.38 bits per heavy atom. The Kier molecular flexibility index (Phi) is 5.02. The number of ether oxygens (including phenoxy) is 1. The van der Waals surface area contributed by atoms with Crippen LogP contribution in [-0.2, 0) is 13.1 Å². The first-order valence-electron chi connectivity index (χ1n) is 8.82. The maximum Gasteiger partial charge on any atom is 0.281 e. The molecule has 0 radical (unpaired) electrons. The molecule has 0 bridgehead atoms. The Hall–Kier alpha value is -3.63. The molecule has 0 aliphatic rings. The van der Waals surface area contributed by atoms with Crippen molar-refractivity contribution in [2.75, 3.05) is 7.11 Å². The van der Waals surface area contributed by atoms with Crippen LogP contribution in [0.4, 0.5) is 0 Å². The SMILES string of the molecule is COc1ccc(Cn2cnc3nc(Cl)n(Cc4ccc(C#N)cc4)c(=O)c32)cc1. The number of nitriles is 1. The second kappa shape index (κ2) is 7.78. The van der Waals surface area contributed by atoms with Gasteiger partial charge in [-0.1, -0.05) is 24.3 Å². The van der Waals surface area contributed by atoms with E-state index >= 15 is 0 Å². The number of nitrogens with zero attached hydrogens (tertiary/aromatic N) is 5. The molecule has 0 unspecified atom stereocenters. The Morgan fingerprint density at radius 1 is 1.07 bits per heavy atom. The maximum absolute atomic E-state index is 13.2. The average molecular weight is 406 g/mol. The molecule has 0 aliphatic carbocycles. The lowest BCUT2D eigenvalue weighted by Gasteiger charge is -2.10. The van der Waals surface area contributed by atoms with Gasteiger partial charge in [0.05, 0.1) is 31.6 Å². The van der Waals surface area contributed by atoms with Crippen LogP contribution in [0.25, 0.3) is 11.2 Å². The molecular weight excluding hydrogens is 390 g/mol. The van der Waals surface area contributed by atoms with E-state index in [2.05, 4.69) is 16.0 Å². The zero-order chi connectivity index (χ0) is 20.4. The molecule has 4 rings (SSSR count). The van der Waals surface area contributed by atoms with Gasteiger partial charge in [-0.15, -0.1) is 0 Å². The molecule has 0 atom stereocenters. The monoisotopic (exact) mass is 405 g/mol. The second-order valence-electron chi connectivity index (χ2n) is 6.47. The Morgan fingerprint density at radius 2 is 1.72 bits per heavy atom. The first-order chi connectivity index (χ1) is 14.1. The van der Waals surface area contributed by atoms with Crippen molar-refractivity contribution in [3.05, 3.63) is 87.2 Å². The van der Waals surface area contributed by atoms with Crippen molar-refractivity contribution in [1.29, 1.82) is 5.26 Å². The van der Waals surface area contributed by atoms with Crippen LogP contribution >= 0.6 is 11.6 Å². The summed E-state index contributed by atoms with van der Waals surface area (Å²) in [5, 5.41) is 9.00. The predicted molar refractivity (Wildman–Crippen MR) is 109 cm³/mol. The molecule has 0 spiro atoms. The van der Waals surface area contributed by atoms with E-state index in [-0.39, 0.29) is 17.4 Å². The molecular formula is C21H16ClN5O2. The van der Waals surface area contributed by atoms with Crippen LogP contribution in [0.2, 0.25) is 5.28 Å². The van der Waals surface area contributed by atoms with Crippen molar-refractivity contribution in [1.82, 2.24) is 19.1 Å². The number of imidazole rings is 1. The molecule has 2 aromatic heterocycles. The van der Waals surface area contributed by atoms with E-state index < -0.39 is 0 Å². The number of aromatic nitrogens is 4. The summed E-state index contributed by atoms with van der Waals surface area (Å²) in [7, 11) is 1.62. The largest absolute Gasteiger partial charge is 0.497 e. The lowest BCUT2D eigenvalue weighted by molar-refractivity contribution is 0.414. The van der Waals surface area contributed by atoms with Gasteiger partial charge >= 0.3 is 0 Å². The molecule has 0 fully saturated rings. The zero-order valence-corrected chi connectivity index (χ0v) is 16.3. The van der Waals surface area contributed by atoms with Gasteiger partial charge in [-0.2, -0.15) is 10.2 Å². The highest BCUT2D eigenvalue weighted by molar-refractivity contribution is 6.28. The number of benzene rings is 2. The molecule has 0 aliphatic heterocycles. The van der Waals surface area contributed by atoms with E-state index in [1.807, 2.05) is 24.3 Å². The van der Waals surface area contributed by atoms with Crippen LogP contribution in [0.15, 0.2) is 59.7 Å². The molecule has 0 amide bonds. The minimum Gasteiger partial charge on any atom is -0.497 e. The summed E-state index contributed by atoms with van der Waals surface area (Å²) in [6, 6.07) is 16.7. The van der Waals surface area contributed by atoms with Crippen molar-refractivity contribution in [2.45, 2.75) is 13.1 Å². The number of fused-ring (bicyclic) bond motifs is 1. The molecule has 29 heavy (non-hydrogen) atoms. The van der Waals surface area contributed by atoms with E-state index in [4.69, 9.17) is 21.6 Å². The van der Waals surface area contributed by atoms with Crippen LogP contribution in [0.1, 0.15) is 16.7 Å². The zero-order valence-electron chi connectivity index (χ0n) is 15.5. The lowest BCUT2D eigenvalue weighted by Crippen LogP contribution is -2.24. The predicted octanol–water partition coefficient (Wildman–Crippen LogP) is 3.22. The van der Waals surface area contributed by atoms with Crippen molar-refractivity contribution < 1.29 is 4.74 Å². The summed E-state index contributed by atoms with van der Waals surface area (Å²) < 4.78 is 8.34. The molecule has 8 heteroatoms. The van der Waals surface area contributed by atoms with Gasteiger partial charge in [-0.3, -0.25) is 9.36 Å². The summed E-state index contributed by atoms with van der Waals surface area (Å²) in [6.07, 6.45) is 1.59. The van der Waals surface area contributed by atoms with Crippen molar-refractivity contribution in [3.8, 4) is 11.8 Å². The van der Waals surface area contributed by atoms with Crippen molar-refractivity contribution in [2.24, 2.45) is 0 Å². The normalized spacial score (nSPS) is 10.8. The molecule has 7 nitrogen and oxygen atoms in total. The standard InChI is InChI=1S/C21H16ClN5O2/c1-29-17-8-6-15(7-9-17)11-26-13-24-19-18(26)20(28)27(21(22)25-19)12-16-4-2-14(10-23)3-5-16/h2-9,13H,11-12H2,1H3. The molecule has 0 saturated carbocycles. The Labute approximate surface area is 171 Å². The van der Waals surface area contributed by atoms with Crippen LogP contribution in [0.3, 0.4) is 0 Å². The fourth-order valence-corrected chi connectivity index (χ4v) is 3.30. The molecule has 2 aromatic carbocycles. The molecule has 2 heterocycles. The minimum absolute atomic E-state index is 0.0709. The number of methoxy groups -OCH3 is 1. The quantitative estimate of drug-likeness (QED) is 0.476. The van der Waals surface area contributed by atoms with Gasteiger partial charge in [-0.05, 0) is 47.0 Å². The van der Waals surface area contributed by atoms with Crippen LogP contribution < -0.4 is 10.3 Å². The van der Waals surface area contributed by atoms with Crippen molar-refractivity contribution >= 4 is 22.8 Å². The lowest BCUT2D eigenvalue weighted by atomic mass is 10.1. The van der Waals surface area contributed by atoms with Gasteiger partial charge in [0.2, 0.25) is 5.28 Å². The van der Waals surface area contributed by atoms with E-state index in [0.29, 0.717) is 23.3 Å². The van der Waals surface area contributed by atoms with Gasteiger partial charge in [0.1, 0.15) is 5.75 Å². The average Bonchev–Trinajstić information content (AvgIpc) is 3.14. The van der Waals surface area contributed by atoms with Crippen molar-refractivity contribution in [3.63, 3.8) is 0 Å². The second-order valence-corrected chi connectivity index (χ2v) is 6.81. The summed E-state index contributed by atoms with van der Waals surface area (Å²) >= 11 is 6.26. The highest BCUT2D eigenvalue weighted by Gasteiger charge is 2.15. The van der Waals surface area contributed by atoms with Crippen LogP contribution in [-0.4, -0.2) is 26.2 Å². The number of halogens is 1. The van der Waals surface area contributed by atoms with Gasteiger partial charge < -0.3 is 9.30 Å². The molecule has 4 aromatic rings. The fraction of sp³-hybridized carbons (Fsp3) is 0.143. The Bertz CT molecular complexity index is 1270. The van der Waals surface area contributed by atoms with E-state index in [1.165, 1.54) is 4.57 Å². The fourth-order valence-electron chi connectivity index (χ4n) is 3.08. The van der Waals surface area contributed by atoms with Gasteiger partial charge in [0.25, 0.3) is 5.56 Å².